The highest BCUT2D eigenvalue weighted by atomic mass is 16.3. The summed E-state index contributed by atoms with van der Waals surface area (Å²) in [6.45, 7) is 6.52. The van der Waals surface area contributed by atoms with Crippen LogP contribution in [0.4, 0.5) is 11.4 Å². The van der Waals surface area contributed by atoms with Gasteiger partial charge >= 0.3 is 0 Å². The van der Waals surface area contributed by atoms with E-state index in [9.17, 15) is 14.7 Å². The monoisotopic (exact) mass is 413 g/mol. The minimum absolute atomic E-state index is 0.0194. The zero-order chi connectivity index (χ0) is 21.3. The minimum Gasteiger partial charge on any atom is -0.393 e. The van der Waals surface area contributed by atoms with Crippen molar-refractivity contribution >= 4 is 23.2 Å². The van der Waals surface area contributed by atoms with Gasteiger partial charge < -0.3 is 20.2 Å². The number of benzene rings is 1. The lowest BCUT2D eigenvalue weighted by atomic mass is 9.78. The number of carbonyl (C=O) groups is 2. The van der Waals surface area contributed by atoms with Gasteiger partial charge in [0.25, 0.3) is 0 Å². The van der Waals surface area contributed by atoms with E-state index in [0.717, 1.165) is 81.5 Å². The molecule has 0 bridgehead atoms. The largest absolute Gasteiger partial charge is 0.393 e. The van der Waals surface area contributed by atoms with E-state index in [1.807, 2.05) is 19.1 Å². The number of aryl methyl sites for hydroxylation is 1. The maximum Gasteiger partial charge on any atom is 0.230 e. The predicted molar refractivity (Wildman–Crippen MR) is 119 cm³/mol. The molecule has 4 rings (SSSR count). The number of hydrogen-bond acceptors (Lipinski definition) is 4. The van der Waals surface area contributed by atoms with Crippen molar-refractivity contribution in [1.82, 2.24) is 4.90 Å². The van der Waals surface area contributed by atoms with Crippen molar-refractivity contribution in [2.75, 3.05) is 29.9 Å². The zero-order valence-electron chi connectivity index (χ0n) is 18.3. The number of nitrogens with one attached hydrogen (secondary N) is 1. The Kier molecular flexibility index (Phi) is 6.05. The van der Waals surface area contributed by atoms with Crippen LogP contribution in [0.3, 0.4) is 0 Å². The molecular weight excluding hydrogens is 378 g/mol. The molecule has 1 atom stereocenters. The summed E-state index contributed by atoms with van der Waals surface area (Å²) in [6, 6.07) is 6.38. The number of aliphatic hydroxyl groups excluding tert-OH is 1. The fourth-order valence-corrected chi connectivity index (χ4v) is 5.62. The Balaban J connectivity index is 1.47. The molecule has 2 N–H and O–H groups in total. The van der Waals surface area contributed by atoms with Crippen LogP contribution in [0.25, 0.3) is 0 Å². The number of nitrogens with zero attached hydrogens (tertiary/aromatic N) is 2. The molecule has 0 radical (unpaired) electrons. The highest BCUT2D eigenvalue weighted by Gasteiger charge is 2.50. The molecule has 6 nitrogen and oxygen atoms in total. The minimum atomic E-state index is -0.268. The summed E-state index contributed by atoms with van der Waals surface area (Å²) < 4.78 is 0. The van der Waals surface area contributed by atoms with Crippen LogP contribution >= 0.6 is 0 Å². The van der Waals surface area contributed by atoms with Gasteiger partial charge in [-0.2, -0.15) is 0 Å². The maximum atomic E-state index is 13.5. The van der Waals surface area contributed by atoms with Gasteiger partial charge in [0.05, 0.1) is 11.5 Å². The van der Waals surface area contributed by atoms with Crippen LogP contribution in [-0.2, 0) is 9.59 Å². The van der Waals surface area contributed by atoms with E-state index in [4.69, 9.17) is 0 Å². The van der Waals surface area contributed by atoms with Gasteiger partial charge in [0.15, 0.2) is 0 Å². The SMILES string of the molecule is CCC(=O)Nc1ccc(N2CCC[C@@]3(CCN([C@H]4CC[C@H](O)CC4)C3=O)C2)c(C)c1. The molecule has 2 saturated heterocycles. The summed E-state index contributed by atoms with van der Waals surface area (Å²) in [5.74, 6) is 0.351. The van der Waals surface area contributed by atoms with Crippen LogP contribution < -0.4 is 10.2 Å². The van der Waals surface area contributed by atoms with Gasteiger partial charge in [-0.3, -0.25) is 9.59 Å². The van der Waals surface area contributed by atoms with Crippen LogP contribution in [-0.4, -0.2) is 53.6 Å². The summed E-state index contributed by atoms with van der Waals surface area (Å²) in [4.78, 5) is 29.7. The lowest BCUT2D eigenvalue weighted by Crippen LogP contribution is -2.50. The summed E-state index contributed by atoms with van der Waals surface area (Å²) >= 11 is 0. The Bertz CT molecular complexity index is 803. The van der Waals surface area contributed by atoms with Crippen molar-refractivity contribution in [3.05, 3.63) is 23.8 Å². The molecule has 1 aromatic rings. The molecule has 2 heterocycles. The average Bonchev–Trinajstić information content (AvgIpc) is 3.04. The fraction of sp³-hybridized carbons (Fsp3) is 0.667. The molecule has 0 aromatic heterocycles. The number of rotatable bonds is 4. The normalized spacial score (nSPS) is 29.5. The third-order valence-corrected chi connectivity index (χ3v) is 7.37. The Hall–Kier alpha value is -2.08. The number of piperidine rings is 1. The van der Waals surface area contributed by atoms with Gasteiger partial charge in [0.1, 0.15) is 0 Å². The van der Waals surface area contributed by atoms with Gasteiger partial charge in [0.2, 0.25) is 11.8 Å². The smallest absolute Gasteiger partial charge is 0.230 e. The number of anilines is 2. The third-order valence-electron chi connectivity index (χ3n) is 7.37. The molecule has 3 fully saturated rings. The van der Waals surface area contributed by atoms with Crippen molar-refractivity contribution in [3.63, 3.8) is 0 Å². The zero-order valence-corrected chi connectivity index (χ0v) is 18.3. The Morgan fingerprint density at radius 3 is 2.67 bits per heavy atom. The molecule has 1 spiro atoms. The van der Waals surface area contributed by atoms with E-state index in [1.165, 1.54) is 0 Å². The molecule has 30 heavy (non-hydrogen) atoms. The Labute approximate surface area is 179 Å². The standard InChI is InChI=1S/C24H35N3O3/c1-3-22(29)25-18-5-10-21(17(2)15-18)26-13-4-11-24(16-26)12-14-27(23(24)30)19-6-8-20(28)9-7-19/h5,10,15,19-20,28H,3-4,6-9,11-14,16H2,1-2H3,(H,25,29)/t19-,20-,24-/m1/s1. The first kappa shape index (κ1) is 21.2. The molecule has 1 aliphatic carbocycles. The van der Waals surface area contributed by atoms with Crippen LogP contribution in [0.2, 0.25) is 0 Å². The van der Waals surface area contributed by atoms with Crippen LogP contribution in [0.1, 0.15) is 63.9 Å². The predicted octanol–water partition coefficient (Wildman–Crippen LogP) is 3.47. The summed E-state index contributed by atoms with van der Waals surface area (Å²) in [7, 11) is 0. The third kappa shape index (κ3) is 4.07. The van der Waals surface area contributed by atoms with Gasteiger partial charge in [0, 0.05) is 43.5 Å². The fourth-order valence-electron chi connectivity index (χ4n) is 5.62. The van der Waals surface area contributed by atoms with Crippen LogP contribution in [0.15, 0.2) is 18.2 Å². The summed E-state index contributed by atoms with van der Waals surface area (Å²) in [5, 5.41) is 12.7. The number of aliphatic hydroxyl groups is 1. The van der Waals surface area contributed by atoms with Crippen molar-refractivity contribution in [1.29, 1.82) is 0 Å². The second kappa shape index (κ2) is 8.58. The Morgan fingerprint density at radius 1 is 1.20 bits per heavy atom. The number of hydrogen-bond donors (Lipinski definition) is 2. The number of amides is 2. The van der Waals surface area contributed by atoms with Crippen LogP contribution in [0, 0.1) is 12.3 Å². The molecule has 3 aliphatic rings. The maximum absolute atomic E-state index is 13.5. The number of likely N-dealkylation sites (tertiary alicyclic amines) is 1. The molecule has 2 aliphatic heterocycles. The second-order valence-electron chi connectivity index (χ2n) is 9.42. The molecule has 1 aromatic carbocycles. The summed E-state index contributed by atoms with van der Waals surface area (Å²) in [5.41, 5.74) is 2.85. The Morgan fingerprint density at radius 2 is 1.97 bits per heavy atom. The highest BCUT2D eigenvalue weighted by Crippen LogP contribution is 2.44. The average molecular weight is 414 g/mol. The first-order valence-corrected chi connectivity index (χ1v) is 11.6. The van der Waals surface area contributed by atoms with E-state index in [-0.39, 0.29) is 17.4 Å². The number of carbonyl (C=O) groups excluding carboxylic acids is 2. The molecule has 2 amide bonds. The van der Waals surface area contributed by atoms with Crippen molar-refractivity contribution in [2.45, 2.75) is 77.4 Å². The van der Waals surface area contributed by atoms with E-state index >= 15 is 0 Å². The quantitative estimate of drug-likeness (QED) is 0.793. The van der Waals surface area contributed by atoms with Crippen molar-refractivity contribution in [3.8, 4) is 0 Å². The van der Waals surface area contributed by atoms with Gasteiger partial charge in [-0.15, -0.1) is 0 Å². The van der Waals surface area contributed by atoms with Crippen LogP contribution in [0.5, 0.6) is 0 Å². The lowest BCUT2D eigenvalue weighted by molar-refractivity contribution is -0.139. The molecule has 1 saturated carbocycles. The van der Waals surface area contributed by atoms with E-state index in [2.05, 4.69) is 28.1 Å². The molecular formula is C24H35N3O3. The first-order valence-electron chi connectivity index (χ1n) is 11.6. The van der Waals surface area contributed by atoms with Crippen molar-refractivity contribution in [2.24, 2.45) is 5.41 Å². The molecule has 6 heteroatoms. The van der Waals surface area contributed by atoms with Gasteiger partial charge in [-0.25, -0.2) is 0 Å². The topological polar surface area (TPSA) is 72.9 Å². The highest BCUT2D eigenvalue weighted by molar-refractivity contribution is 5.91. The van der Waals surface area contributed by atoms with Gasteiger partial charge in [-0.05, 0) is 75.6 Å². The molecule has 164 valence electrons. The molecule has 0 unspecified atom stereocenters. The lowest BCUT2D eigenvalue weighted by Gasteiger charge is -2.42. The second-order valence-corrected chi connectivity index (χ2v) is 9.42. The van der Waals surface area contributed by atoms with Gasteiger partial charge in [-0.1, -0.05) is 6.92 Å². The van der Waals surface area contributed by atoms with Crippen molar-refractivity contribution < 1.29 is 14.7 Å². The first-order chi connectivity index (χ1) is 14.4. The van der Waals surface area contributed by atoms with E-state index in [1.54, 1.807) is 0 Å². The van der Waals surface area contributed by atoms with E-state index < -0.39 is 0 Å². The van der Waals surface area contributed by atoms with E-state index in [0.29, 0.717) is 18.4 Å². The summed E-state index contributed by atoms with van der Waals surface area (Å²) in [6.07, 6.45) is 6.69.